The summed E-state index contributed by atoms with van der Waals surface area (Å²) in [4.78, 5) is 26.3. The molecule has 106 valence electrons. The molecule has 1 aliphatic heterocycles. The van der Waals surface area contributed by atoms with E-state index in [4.69, 9.17) is 11.6 Å². The molecular formula is C15H11BrClN2O2+. The van der Waals surface area contributed by atoms with Gasteiger partial charge in [-0.15, -0.1) is 4.90 Å². The van der Waals surface area contributed by atoms with Crippen LogP contribution in [0.5, 0.6) is 0 Å². The normalized spacial score (nSPS) is 21.6. The Hall–Kier alpha value is -1.72. The van der Waals surface area contributed by atoms with Crippen LogP contribution in [0.1, 0.15) is 0 Å². The fourth-order valence-electron chi connectivity index (χ4n) is 2.41. The van der Waals surface area contributed by atoms with Gasteiger partial charge in [0, 0.05) is 9.51 Å². The van der Waals surface area contributed by atoms with E-state index in [0.717, 1.165) is 4.48 Å². The van der Waals surface area contributed by atoms with Crippen molar-refractivity contribution in [3.63, 3.8) is 0 Å². The summed E-state index contributed by atoms with van der Waals surface area (Å²) >= 11 is 9.22. The van der Waals surface area contributed by atoms with Gasteiger partial charge in [0.15, 0.2) is 0 Å². The summed E-state index contributed by atoms with van der Waals surface area (Å²) in [6.45, 7) is 0. The Morgan fingerprint density at radius 1 is 1.19 bits per heavy atom. The number of amides is 3. The van der Waals surface area contributed by atoms with Crippen molar-refractivity contribution in [2.75, 3.05) is 11.9 Å². The van der Waals surface area contributed by atoms with Gasteiger partial charge < -0.3 is 0 Å². The van der Waals surface area contributed by atoms with E-state index in [-0.39, 0.29) is 11.9 Å². The molecule has 0 spiro atoms. The van der Waals surface area contributed by atoms with Crippen LogP contribution in [-0.2, 0) is 4.79 Å². The van der Waals surface area contributed by atoms with Gasteiger partial charge in [-0.05, 0) is 42.5 Å². The third-order valence-electron chi connectivity index (χ3n) is 3.49. The van der Waals surface area contributed by atoms with Crippen LogP contribution in [0.3, 0.4) is 0 Å². The zero-order valence-electron chi connectivity index (χ0n) is 11.1. The molecule has 1 aromatic rings. The summed E-state index contributed by atoms with van der Waals surface area (Å²) in [6.07, 6.45) is 5.40. The van der Waals surface area contributed by atoms with Crippen molar-refractivity contribution in [1.82, 2.24) is 0 Å². The van der Waals surface area contributed by atoms with E-state index in [1.165, 1.54) is 9.48 Å². The van der Waals surface area contributed by atoms with Gasteiger partial charge in [-0.25, -0.2) is 4.79 Å². The monoisotopic (exact) mass is 365 g/mol. The predicted molar refractivity (Wildman–Crippen MR) is 85.2 cm³/mol. The number of halogens is 2. The van der Waals surface area contributed by atoms with Gasteiger partial charge in [-0.1, -0.05) is 27.5 Å². The first kappa shape index (κ1) is 14.2. The van der Waals surface area contributed by atoms with Crippen LogP contribution in [-0.4, -0.2) is 29.3 Å². The number of hydrogen-bond acceptors (Lipinski definition) is 2. The molecule has 3 amide bonds. The van der Waals surface area contributed by atoms with Crippen molar-refractivity contribution < 1.29 is 14.2 Å². The van der Waals surface area contributed by atoms with E-state index < -0.39 is 5.92 Å². The molecule has 1 heterocycles. The van der Waals surface area contributed by atoms with Gasteiger partial charge in [0.1, 0.15) is 17.3 Å². The molecule has 3 rings (SSSR count). The largest absolute Gasteiger partial charge is 0.505 e. The van der Waals surface area contributed by atoms with Gasteiger partial charge in [-0.2, -0.15) is 9.37 Å². The molecule has 6 heteroatoms. The highest BCUT2D eigenvalue weighted by molar-refractivity contribution is 9.11. The maximum atomic E-state index is 12.7. The second-order valence-electron chi connectivity index (χ2n) is 4.78. The van der Waals surface area contributed by atoms with Gasteiger partial charge in [-0.3, -0.25) is 0 Å². The Balaban J connectivity index is 2.10. The van der Waals surface area contributed by atoms with Crippen molar-refractivity contribution in [3.05, 3.63) is 52.0 Å². The van der Waals surface area contributed by atoms with E-state index in [0.29, 0.717) is 16.4 Å². The van der Waals surface area contributed by atoms with Crippen LogP contribution in [0.15, 0.2) is 47.0 Å². The maximum Gasteiger partial charge on any atom is 0.505 e. The molecule has 0 aromatic heterocycles. The molecule has 0 bridgehead atoms. The first-order chi connectivity index (χ1) is 9.99. The molecule has 1 aromatic carbocycles. The van der Waals surface area contributed by atoms with Crippen molar-refractivity contribution in [2.24, 2.45) is 5.92 Å². The number of rotatable bonds is 1. The Morgan fingerprint density at radius 2 is 1.86 bits per heavy atom. The molecule has 0 fully saturated rings. The van der Waals surface area contributed by atoms with Crippen LogP contribution < -0.4 is 4.90 Å². The molecular weight excluding hydrogens is 356 g/mol. The van der Waals surface area contributed by atoms with Crippen molar-refractivity contribution in [2.45, 2.75) is 0 Å². The smallest absolute Gasteiger partial charge is 0.245 e. The fraction of sp³-hybridized carbons (Fsp3) is 0.133. The Labute approximate surface area is 135 Å². The van der Waals surface area contributed by atoms with Gasteiger partial charge in [0.05, 0.1) is 7.05 Å². The van der Waals surface area contributed by atoms with E-state index in [1.54, 1.807) is 43.5 Å². The number of urea groups is 1. The number of carbonyl (C=O) groups is 2. The molecule has 0 saturated heterocycles. The zero-order valence-corrected chi connectivity index (χ0v) is 13.4. The lowest BCUT2D eigenvalue weighted by molar-refractivity contribution is -0.393. The Kier molecular flexibility index (Phi) is 3.55. The maximum absolute atomic E-state index is 12.7. The second-order valence-corrected chi connectivity index (χ2v) is 6.13. The molecule has 0 saturated carbocycles. The van der Waals surface area contributed by atoms with Gasteiger partial charge in [0.2, 0.25) is 0 Å². The minimum absolute atomic E-state index is 0.267. The van der Waals surface area contributed by atoms with Crippen LogP contribution >= 0.6 is 27.5 Å². The first-order valence-electron chi connectivity index (χ1n) is 6.28. The molecule has 2 aliphatic rings. The minimum Gasteiger partial charge on any atom is -0.245 e. The number of anilines is 1. The number of hydrogen-bond donors (Lipinski definition) is 0. The highest BCUT2D eigenvalue weighted by atomic mass is 79.9. The van der Waals surface area contributed by atoms with Crippen LogP contribution in [0, 0.1) is 5.92 Å². The molecule has 0 N–H and O–H groups in total. The molecule has 21 heavy (non-hydrogen) atoms. The number of nitrogens with zero attached hydrogens (tertiary/aromatic N) is 2. The fourth-order valence-corrected chi connectivity index (χ4v) is 2.93. The van der Waals surface area contributed by atoms with E-state index >= 15 is 0 Å². The second kappa shape index (κ2) is 5.24. The molecule has 0 radical (unpaired) electrons. The lowest BCUT2D eigenvalue weighted by Crippen LogP contribution is -2.53. The highest BCUT2D eigenvalue weighted by Gasteiger charge is 2.47. The summed E-state index contributed by atoms with van der Waals surface area (Å²) in [7, 11) is 1.66. The van der Waals surface area contributed by atoms with E-state index in [2.05, 4.69) is 15.9 Å². The quantitative estimate of drug-likeness (QED) is 0.715. The molecule has 1 aliphatic carbocycles. The summed E-state index contributed by atoms with van der Waals surface area (Å²) in [5, 5.41) is 0.555. The number of imide groups is 1. The lowest BCUT2D eigenvalue weighted by Gasteiger charge is -2.25. The van der Waals surface area contributed by atoms with Crippen molar-refractivity contribution >= 4 is 50.9 Å². The highest BCUT2D eigenvalue weighted by Crippen LogP contribution is 2.28. The van der Waals surface area contributed by atoms with Crippen LogP contribution in [0.2, 0.25) is 5.02 Å². The topological polar surface area (TPSA) is 40.4 Å². The average molecular weight is 367 g/mol. The summed E-state index contributed by atoms with van der Waals surface area (Å²) in [5.41, 5.74) is 1.19. The molecule has 1 unspecified atom stereocenters. The van der Waals surface area contributed by atoms with Gasteiger partial charge >= 0.3 is 11.9 Å². The first-order valence-corrected chi connectivity index (χ1v) is 7.45. The van der Waals surface area contributed by atoms with Gasteiger partial charge in [0.25, 0.3) is 0 Å². The summed E-state index contributed by atoms with van der Waals surface area (Å²) < 4.78 is 2.32. The lowest BCUT2D eigenvalue weighted by atomic mass is 9.94. The minimum atomic E-state index is -0.470. The third-order valence-corrected chi connectivity index (χ3v) is 4.28. The standard InChI is InChI=1S/C15H11BrClN2O2/c1-18-13-7-2-9(16)8-12(13)14(20)19(15(18)21)11-5-3-10(17)4-6-11/h2-8,12H,1H3/q+1. The number of allylic oxidation sites excluding steroid dienone is 3. The number of benzene rings is 1. The third kappa shape index (κ3) is 2.36. The van der Waals surface area contributed by atoms with Crippen molar-refractivity contribution in [3.8, 4) is 0 Å². The summed E-state index contributed by atoms with van der Waals surface area (Å²) in [6, 6.07) is 6.26. The predicted octanol–water partition coefficient (Wildman–Crippen LogP) is 3.35. The Bertz CT molecular complexity index is 735. The molecule has 1 atom stereocenters. The molecule has 4 nitrogen and oxygen atoms in total. The average Bonchev–Trinajstić information content (AvgIpc) is 2.47. The number of carbonyl (C=O) groups excluding carboxylic acids is 2. The summed E-state index contributed by atoms with van der Waals surface area (Å²) in [5.74, 6) is -0.737. The van der Waals surface area contributed by atoms with E-state index in [9.17, 15) is 9.59 Å². The van der Waals surface area contributed by atoms with Crippen molar-refractivity contribution in [1.29, 1.82) is 0 Å². The van der Waals surface area contributed by atoms with Crippen LogP contribution in [0.4, 0.5) is 10.5 Å². The Morgan fingerprint density at radius 3 is 2.52 bits per heavy atom. The zero-order chi connectivity index (χ0) is 15.1. The number of fused-ring (bicyclic) bond motifs is 1. The van der Waals surface area contributed by atoms with E-state index in [1.807, 2.05) is 6.08 Å². The SMILES string of the molecule is C[N+]1=C2C=CC(Br)=CC2C(=O)N(c2ccc(Cl)cc2)C1=O. The van der Waals surface area contributed by atoms with Crippen LogP contribution in [0.25, 0.3) is 0 Å².